The lowest BCUT2D eigenvalue weighted by molar-refractivity contribution is 0.0569. The number of aromatic hydroxyl groups is 1. The predicted molar refractivity (Wildman–Crippen MR) is 108 cm³/mol. The molecule has 1 aliphatic rings. The van der Waals surface area contributed by atoms with Gasteiger partial charge in [0.2, 0.25) is 5.43 Å². The highest BCUT2D eigenvalue weighted by molar-refractivity contribution is 5.96. The van der Waals surface area contributed by atoms with Crippen molar-refractivity contribution in [3.05, 3.63) is 88.1 Å². The molecule has 3 heterocycles. The van der Waals surface area contributed by atoms with Gasteiger partial charge in [-0.2, -0.15) is 5.10 Å². The molecule has 7 heteroatoms. The first-order valence-electron chi connectivity index (χ1n) is 9.56. The van der Waals surface area contributed by atoms with E-state index in [1.165, 1.54) is 4.68 Å². The number of nitrogens with zero attached hydrogens (tertiary/aromatic N) is 4. The van der Waals surface area contributed by atoms with Crippen molar-refractivity contribution in [3.63, 3.8) is 0 Å². The monoisotopic (exact) mass is 390 g/mol. The Morgan fingerprint density at radius 3 is 2.45 bits per heavy atom. The van der Waals surface area contributed by atoms with E-state index in [9.17, 15) is 14.7 Å². The predicted octanol–water partition coefficient (Wildman–Crippen LogP) is 2.58. The second-order valence-electron chi connectivity index (χ2n) is 7.41. The average molecular weight is 390 g/mol. The first-order valence-corrected chi connectivity index (χ1v) is 9.56. The Balaban J connectivity index is 1.95. The summed E-state index contributed by atoms with van der Waals surface area (Å²) in [6.45, 7) is 4.21. The number of pyridine rings is 1. The summed E-state index contributed by atoms with van der Waals surface area (Å²) in [4.78, 5) is 31.3. The topological polar surface area (TPSA) is 88.3 Å². The van der Waals surface area contributed by atoms with Crippen molar-refractivity contribution in [2.45, 2.75) is 31.8 Å². The lowest BCUT2D eigenvalue weighted by Gasteiger charge is -2.40. The Morgan fingerprint density at radius 1 is 1.07 bits per heavy atom. The Kier molecular flexibility index (Phi) is 4.88. The van der Waals surface area contributed by atoms with Gasteiger partial charge in [0.1, 0.15) is 0 Å². The lowest BCUT2D eigenvalue weighted by Crippen LogP contribution is -2.49. The van der Waals surface area contributed by atoms with Gasteiger partial charge in [0.05, 0.1) is 23.9 Å². The van der Waals surface area contributed by atoms with Gasteiger partial charge in [-0.25, -0.2) is 0 Å². The second-order valence-corrected chi connectivity index (χ2v) is 7.41. The highest BCUT2D eigenvalue weighted by atomic mass is 16.3. The van der Waals surface area contributed by atoms with Crippen LogP contribution in [0.3, 0.4) is 0 Å². The molecule has 2 aromatic heterocycles. The summed E-state index contributed by atoms with van der Waals surface area (Å²) >= 11 is 0. The Bertz CT molecular complexity index is 1040. The Morgan fingerprint density at radius 2 is 1.79 bits per heavy atom. The highest BCUT2D eigenvalue weighted by Gasteiger charge is 2.40. The zero-order valence-electron chi connectivity index (χ0n) is 16.3. The molecule has 2 atom stereocenters. The van der Waals surface area contributed by atoms with E-state index in [0.29, 0.717) is 6.54 Å². The van der Waals surface area contributed by atoms with Gasteiger partial charge in [-0.3, -0.25) is 19.3 Å². The van der Waals surface area contributed by atoms with Crippen LogP contribution in [0.15, 0.2) is 65.7 Å². The number of benzene rings is 1. The number of aromatic nitrogens is 3. The van der Waals surface area contributed by atoms with E-state index < -0.39 is 17.1 Å². The summed E-state index contributed by atoms with van der Waals surface area (Å²) in [6, 6.07) is 15.1. The van der Waals surface area contributed by atoms with Crippen molar-refractivity contribution in [1.29, 1.82) is 0 Å². The maximum Gasteiger partial charge on any atom is 0.276 e. The first kappa shape index (κ1) is 18.9. The van der Waals surface area contributed by atoms with E-state index in [2.05, 4.69) is 10.1 Å². The second kappa shape index (κ2) is 7.50. The molecule has 148 valence electrons. The molecule has 3 aromatic rings. The van der Waals surface area contributed by atoms with E-state index in [4.69, 9.17) is 0 Å². The molecule has 1 aliphatic heterocycles. The Hall–Kier alpha value is -3.48. The van der Waals surface area contributed by atoms with Gasteiger partial charge in [0.15, 0.2) is 11.4 Å². The van der Waals surface area contributed by atoms with Crippen molar-refractivity contribution in [1.82, 2.24) is 19.7 Å². The standard InChI is InChI=1S/C22H22N4O3/c1-14(2)25-13-17(26-20(22(25)29)21(28)18(27)12-24-26)19(15-8-4-3-5-9-15)16-10-6-7-11-23-16/h3-12,14,17,19,28H,13H2,1-2H3/t17?,19-/m1/s1. The molecule has 29 heavy (non-hydrogen) atoms. The number of carbonyl (C=O) groups is 1. The molecular weight excluding hydrogens is 368 g/mol. The molecule has 0 saturated carbocycles. The van der Waals surface area contributed by atoms with Crippen LogP contribution >= 0.6 is 0 Å². The molecule has 1 amide bonds. The molecule has 0 aliphatic carbocycles. The molecular formula is C22H22N4O3. The van der Waals surface area contributed by atoms with Gasteiger partial charge in [0, 0.05) is 18.8 Å². The molecule has 0 radical (unpaired) electrons. The summed E-state index contributed by atoms with van der Waals surface area (Å²) in [6.07, 6.45) is 2.79. The summed E-state index contributed by atoms with van der Waals surface area (Å²) in [5.41, 5.74) is 1.11. The van der Waals surface area contributed by atoms with Crippen LogP contribution in [0.4, 0.5) is 0 Å². The van der Waals surface area contributed by atoms with Crippen LogP contribution in [-0.2, 0) is 0 Å². The third-order valence-corrected chi connectivity index (χ3v) is 5.32. The van der Waals surface area contributed by atoms with Crippen LogP contribution in [0.1, 0.15) is 47.6 Å². The number of amides is 1. The van der Waals surface area contributed by atoms with Crippen LogP contribution in [0.2, 0.25) is 0 Å². The SMILES string of the molecule is CC(C)N1CC([C@H](c2ccccc2)c2ccccn2)n2ncc(=O)c(O)c2C1=O. The molecule has 0 spiro atoms. The molecule has 7 nitrogen and oxygen atoms in total. The minimum atomic E-state index is -0.664. The maximum atomic E-state index is 13.0. The van der Waals surface area contributed by atoms with Crippen LogP contribution in [-0.4, -0.2) is 43.3 Å². The molecule has 1 aromatic carbocycles. The zero-order valence-corrected chi connectivity index (χ0v) is 16.3. The van der Waals surface area contributed by atoms with Gasteiger partial charge in [0.25, 0.3) is 5.91 Å². The molecule has 0 fully saturated rings. The van der Waals surface area contributed by atoms with E-state index in [0.717, 1.165) is 17.5 Å². The van der Waals surface area contributed by atoms with Crippen molar-refractivity contribution < 1.29 is 9.90 Å². The highest BCUT2D eigenvalue weighted by Crippen LogP contribution is 2.38. The van der Waals surface area contributed by atoms with Gasteiger partial charge in [-0.15, -0.1) is 0 Å². The fourth-order valence-electron chi connectivity index (χ4n) is 3.91. The van der Waals surface area contributed by atoms with E-state index in [1.54, 1.807) is 11.1 Å². The third-order valence-electron chi connectivity index (χ3n) is 5.32. The van der Waals surface area contributed by atoms with Crippen LogP contribution < -0.4 is 5.43 Å². The summed E-state index contributed by atoms with van der Waals surface area (Å²) in [5, 5.41) is 14.7. The number of hydrogen-bond donors (Lipinski definition) is 1. The molecule has 4 rings (SSSR count). The fourth-order valence-corrected chi connectivity index (χ4v) is 3.91. The minimum Gasteiger partial charge on any atom is -0.502 e. The van der Waals surface area contributed by atoms with Gasteiger partial charge in [-0.05, 0) is 31.5 Å². The van der Waals surface area contributed by atoms with Crippen molar-refractivity contribution in [2.75, 3.05) is 6.54 Å². The van der Waals surface area contributed by atoms with Crippen molar-refractivity contribution in [2.24, 2.45) is 0 Å². The van der Waals surface area contributed by atoms with Gasteiger partial charge < -0.3 is 10.0 Å². The van der Waals surface area contributed by atoms with Crippen molar-refractivity contribution >= 4 is 5.91 Å². The summed E-state index contributed by atoms with van der Waals surface area (Å²) in [7, 11) is 0. The van der Waals surface area contributed by atoms with Gasteiger partial charge >= 0.3 is 0 Å². The van der Waals surface area contributed by atoms with Crippen LogP contribution in [0, 0.1) is 0 Å². The summed E-state index contributed by atoms with van der Waals surface area (Å²) in [5.74, 6) is -1.18. The Labute approximate surface area is 168 Å². The largest absolute Gasteiger partial charge is 0.502 e. The smallest absolute Gasteiger partial charge is 0.276 e. The van der Waals surface area contributed by atoms with E-state index >= 15 is 0 Å². The molecule has 1 N–H and O–H groups in total. The minimum absolute atomic E-state index is 0.0701. The average Bonchev–Trinajstić information content (AvgIpc) is 2.73. The first-order chi connectivity index (χ1) is 14.0. The normalized spacial score (nSPS) is 17.3. The number of hydrogen-bond acceptors (Lipinski definition) is 5. The number of fused-ring (bicyclic) bond motifs is 1. The molecule has 1 unspecified atom stereocenters. The summed E-state index contributed by atoms with van der Waals surface area (Å²) < 4.78 is 1.49. The van der Waals surface area contributed by atoms with Crippen LogP contribution in [0.5, 0.6) is 5.75 Å². The molecule has 0 saturated heterocycles. The van der Waals surface area contributed by atoms with Gasteiger partial charge in [-0.1, -0.05) is 36.4 Å². The lowest BCUT2D eigenvalue weighted by atomic mass is 9.86. The molecule has 0 bridgehead atoms. The maximum absolute atomic E-state index is 13.0. The zero-order chi connectivity index (χ0) is 20.5. The van der Waals surface area contributed by atoms with E-state index in [1.807, 2.05) is 62.4 Å². The fraction of sp³-hybridized carbons (Fsp3) is 0.273. The third kappa shape index (κ3) is 3.29. The number of rotatable bonds is 4. The van der Waals surface area contributed by atoms with E-state index in [-0.39, 0.29) is 23.7 Å². The van der Waals surface area contributed by atoms with Crippen molar-refractivity contribution in [3.8, 4) is 5.75 Å². The number of carbonyl (C=O) groups excluding carboxylic acids is 1. The van der Waals surface area contributed by atoms with Crippen LogP contribution in [0.25, 0.3) is 0 Å². The quantitative estimate of drug-likeness (QED) is 0.740.